The lowest BCUT2D eigenvalue weighted by molar-refractivity contribution is 0.0949. The lowest BCUT2D eigenvalue weighted by Crippen LogP contribution is -2.27. The summed E-state index contributed by atoms with van der Waals surface area (Å²) < 4.78 is 0. The van der Waals surface area contributed by atoms with E-state index in [0.717, 1.165) is 0 Å². The van der Waals surface area contributed by atoms with Crippen LogP contribution in [0.25, 0.3) is 0 Å². The maximum atomic E-state index is 12.0. The highest BCUT2D eigenvalue weighted by molar-refractivity contribution is 7.80. The summed E-state index contributed by atoms with van der Waals surface area (Å²) in [6.45, 7) is 2.72. The van der Waals surface area contributed by atoms with Crippen LogP contribution in [-0.4, -0.2) is 12.5 Å². The van der Waals surface area contributed by atoms with Gasteiger partial charge < -0.3 is 5.32 Å². The minimum absolute atomic E-state index is 0.0756. The SMILES string of the molecule is CC(CNC(=O)c1ccccc1S)c1ccccc1. The average Bonchev–Trinajstić information content (AvgIpc) is 2.46. The first kappa shape index (κ1) is 13.7. The van der Waals surface area contributed by atoms with Gasteiger partial charge in [-0.15, -0.1) is 12.6 Å². The fourth-order valence-corrected chi connectivity index (χ4v) is 2.17. The Kier molecular flexibility index (Phi) is 4.63. The van der Waals surface area contributed by atoms with E-state index in [4.69, 9.17) is 0 Å². The molecular formula is C16H17NOS. The average molecular weight is 271 g/mol. The smallest absolute Gasteiger partial charge is 0.252 e. The Bertz CT molecular complexity index is 554. The Balaban J connectivity index is 1.96. The van der Waals surface area contributed by atoms with E-state index >= 15 is 0 Å². The molecule has 2 rings (SSSR count). The van der Waals surface area contributed by atoms with E-state index in [1.807, 2.05) is 36.4 Å². The maximum absolute atomic E-state index is 12.0. The van der Waals surface area contributed by atoms with E-state index in [1.54, 1.807) is 6.07 Å². The van der Waals surface area contributed by atoms with Gasteiger partial charge in [0.05, 0.1) is 5.56 Å². The summed E-state index contributed by atoms with van der Waals surface area (Å²) in [4.78, 5) is 12.7. The first-order chi connectivity index (χ1) is 9.18. The van der Waals surface area contributed by atoms with E-state index in [1.165, 1.54) is 5.56 Å². The molecule has 2 aromatic carbocycles. The molecule has 0 aliphatic carbocycles. The Hall–Kier alpha value is -1.74. The summed E-state index contributed by atoms with van der Waals surface area (Å²) in [5.41, 5.74) is 1.84. The molecule has 0 saturated carbocycles. The van der Waals surface area contributed by atoms with Gasteiger partial charge in [-0.3, -0.25) is 4.79 Å². The summed E-state index contributed by atoms with van der Waals surface area (Å²) in [6.07, 6.45) is 0. The highest BCUT2D eigenvalue weighted by atomic mass is 32.1. The molecule has 0 aliphatic rings. The molecule has 0 fully saturated rings. The van der Waals surface area contributed by atoms with E-state index in [2.05, 4.69) is 37.0 Å². The quantitative estimate of drug-likeness (QED) is 0.819. The molecule has 0 heterocycles. The summed E-state index contributed by atoms with van der Waals surface area (Å²) in [6, 6.07) is 17.5. The zero-order chi connectivity index (χ0) is 13.7. The zero-order valence-corrected chi connectivity index (χ0v) is 11.7. The first-order valence-electron chi connectivity index (χ1n) is 6.29. The fraction of sp³-hybridized carbons (Fsp3) is 0.188. The van der Waals surface area contributed by atoms with Crippen molar-refractivity contribution in [3.05, 3.63) is 65.7 Å². The largest absolute Gasteiger partial charge is 0.351 e. The highest BCUT2D eigenvalue weighted by Crippen LogP contribution is 2.15. The Morgan fingerprint density at radius 2 is 1.74 bits per heavy atom. The second kappa shape index (κ2) is 6.43. The monoisotopic (exact) mass is 271 g/mol. The van der Waals surface area contributed by atoms with Crippen LogP contribution in [0.5, 0.6) is 0 Å². The van der Waals surface area contributed by atoms with Gasteiger partial charge in [0.2, 0.25) is 0 Å². The van der Waals surface area contributed by atoms with E-state index in [9.17, 15) is 4.79 Å². The third-order valence-electron chi connectivity index (χ3n) is 3.09. The van der Waals surface area contributed by atoms with Gasteiger partial charge in [-0.25, -0.2) is 0 Å². The molecule has 3 heteroatoms. The number of thiol groups is 1. The molecule has 1 unspecified atom stereocenters. The van der Waals surface area contributed by atoms with Crippen molar-refractivity contribution in [2.45, 2.75) is 17.7 Å². The molecule has 0 saturated heterocycles. The van der Waals surface area contributed by atoms with Gasteiger partial charge in [-0.05, 0) is 23.6 Å². The van der Waals surface area contributed by atoms with Crippen molar-refractivity contribution in [3.8, 4) is 0 Å². The zero-order valence-electron chi connectivity index (χ0n) is 10.8. The summed E-state index contributed by atoms with van der Waals surface area (Å²) in [7, 11) is 0. The fourth-order valence-electron chi connectivity index (χ4n) is 1.91. The lowest BCUT2D eigenvalue weighted by Gasteiger charge is -2.13. The molecule has 1 atom stereocenters. The van der Waals surface area contributed by atoms with E-state index < -0.39 is 0 Å². The van der Waals surface area contributed by atoms with Crippen molar-refractivity contribution in [3.63, 3.8) is 0 Å². The van der Waals surface area contributed by atoms with E-state index in [-0.39, 0.29) is 11.8 Å². The minimum Gasteiger partial charge on any atom is -0.351 e. The standard InChI is InChI=1S/C16H17NOS/c1-12(13-7-3-2-4-8-13)11-17-16(18)14-9-5-6-10-15(14)19/h2-10,12,19H,11H2,1H3,(H,17,18). The highest BCUT2D eigenvalue weighted by Gasteiger charge is 2.10. The number of rotatable bonds is 4. The molecule has 98 valence electrons. The molecular weight excluding hydrogens is 254 g/mol. The molecule has 1 N–H and O–H groups in total. The number of carbonyl (C=O) groups is 1. The molecule has 0 bridgehead atoms. The number of nitrogens with one attached hydrogen (secondary N) is 1. The molecule has 2 nitrogen and oxygen atoms in total. The van der Waals surface area contributed by atoms with Crippen LogP contribution in [0.15, 0.2) is 59.5 Å². The lowest BCUT2D eigenvalue weighted by atomic mass is 10.0. The van der Waals surface area contributed by atoms with Crippen molar-refractivity contribution in [2.24, 2.45) is 0 Å². The van der Waals surface area contributed by atoms with Crippen LogP contribution in [0.2, 0.25) is 0 Å². The predicted molar refractivity (Wildman–Crippen MR) is 80.9 cm³/mol. The van der Waals surface area contributed by atoms with Crippen LogP contribution in [0.1, 0.15) is 28.8 Å². The van der Waals surface area contributed by atoms with Crippen LogP contribution in [0.4, 0.5) is 0 Å². The normalized spacial score (nSPS) is 11.9. The van der Waals surface area contributed by atoms with Crippen LogP contribution in [0, 0.1) is 0 Å². The number of hydrogen-bond acceptors (Lipinski definition) is 2. The molecule has 1 amide bonds. The van der Waals surface area contributed by atoms with Gasteiger partial charge in [0.25, 0.3) is 5.91 Å². The second-order valence-electron chi connectivity index (χ2n) is 4.54. The van der Waals surface area contributed by atoms with Gasteiger partial charge in [0.15, 0.2) is 0 Å². The summed E-state index contributed by atoms with van der Waals surface area (Å²) in [5, 5.41) is 2.95. The third-order valence-corrected chi connectivity index (χ3v) is 3.48. The topological polar surface area (TPSA) is 29.1 Å². The van der Waals surface area contributed by atoms with Gasteiger partial charge in [-0.2, -0.15) is 0 Å². The maximum Gasteiger partial charge on any atom is 0.252 e. The summed E-state index contributed by atoms with van der Waals surface area (Å²) >= 11 is 4.29. The van der Waals surface area contributed by atoms with Crippen LogP contribution < -0.4 is 5.32 Å². The Morgan fingerprint density at radius 3 is 2.42 bits per heavy atom. The van der Waals surface area contributed by atoms with Crippen molar-refractivity contribution < 1.29 is 4.79 Å². The summed E-state index contributed by atoms with van der Waals surface area (Å²) in [5.74, 6) is 0.214. The first-order valence-corrected chi connectivity index (χ1v) is 6.74. The van der Waals surface area contributed by atoms with Crippen molar-refractivity contribution >= 4 is 18.5 Å². The van der Waals surface area contributed by atoms with Crippen LogP contribution in [0.3, 0.4) is 0 Å². The van der Waals surface area contributed by atoms with Gasteiger partial charge in [0.1, 0.15) is 0 Å². The number of carbonyl (C=O) groups excluding carboxylic acids is 1. The molecule has 0 aromatic heterocycles. The van der Waals surface area contributed by atoms with Crippen LogP contribution in [-0.2, 0) is 0 Å². The number of hydrogen-bond donors (Lipinski definition) is 2. The molecule has 0 radical (unpaired) electrons. The Labute approximate surface area is 119 Å². The second-order valence-corrected chi connectivity index (χ2v) is 5.02. The van der Waals surface area contributed by atoms with Crippen molar-refractivity contribution in [1.82, 2.24) is 5.32 Å². The number of benzene rings is 2. The minimum atomic E-state index is -0.0756. The Morgan fingerprint density at radius 1 is 1.11 bits per heavy atom. The predicted octanol–water partition coefficient (Wildman–Crippen LogP) is 3.51. The molecule has 0 aliphatic heterocycles. The van der Waals surface area contributed by atoms with Gasteiger partial charge in [-0.1, -0.05) is 49.4 Å². The third kappa shape index (κ3) is 3.61. The van der Waals surface area contributed by atoms with E-state index in [0.29, 0.717) is 17.0 Å². The molecule has 0 spiro atoms. The van der Waals surface area contributed by atoms with Crippen molar-refractivity contribution in [2.75, 3.05) is 6.54 Å². The van der Waals surface area contributed by atoms with Gasteiger partial charge in [0, 0.05) is 11.4 Å². The molecule has 19 heavy (non-hydrogen) atoms. The molecule has 2 aromatic rings. The van der Waals surface area contributed by atoms with Gasteiger partial charge >= 0.3 is 0 Å². The van der Waals surface area contributed by atoms with Crippen molar-refractivity contribution in [1.29, 1.82) is 0 Å². The number of amides is 1. The van der Waals surface area contributed by atoms with Crippen LogP contribution >= 0.6 is 12.6 Å².